The van der Waals surface area contributed by atoms with Gasteiger partial charge in [0.15, 0.2) is 0 Å². The molecule has 0 heterocycles. The van der Waals surface area contributed by atoms with Crippen molar-refractivity contribution in [3.05, 3.63) is 0 Å². The largest absolute Gasteiger partial charge is 1.00 e. The third-order valence-electron chi connectivity index (χ3n) is 15.8. The van der Waals surface area contributed by atoms with E-state index in [2.05, 4.69) is 111 Å². The molecular weight excluding hydrogens is 969 g/mol. The van der Waals surface area contributed by atoms with Gasteiger partial charge in [-0.05, 0) is 103 Å². The van der Waals surface area contributed by atoms with Gasteiger partial charge in [0.1, 0.15) is 0 Å². The van der Waals surface area contributed by atoms with E-state index in [1.807, 2.05) is 0 Å². The molecular formula is C64H144F4P4. The summed E-state index contributed by atoms with van der Waals surface area (Å²) in [6.45, 7) is 37.7. The summed E-state index contributed by atoms with van der Waals surface area (Å²) in [7, 11) is -2.25. The second kappa shape index (κ2) is 68.5. The Morgan fingerprint density at radius 1 is 0.125 bits per heavy atom. The van der Waals surface area contributed by atoms with E-state index in [0.717, 1.165) is 0 Å². The first-order chi connectivity index (χ1) is 33.0. The predicted molar refractivity (Wildman–Crippen MR) is 344 cm³/mol. The van der Waals surface area contributed by atoms with Crippen molar-refractivity contribution in [2.24, 2.45) is 0 Å². The van der Waals surface area contributed by atoms with Crippen LogP contribution in [0.2, 0.25) is 0 Å². The van der Waals surface area contributed by atoms with Crippen LogP contribution >= 0.6 is 29.0 Å². The lowest BCUT2D eigenvalue weighted by Gasteiger charge is -2.28. The van der Waals surface area contributed by atoms with Crippen LogP contribution in [0.3, 0.4) is 0 Å². The highest BCUT2D eigenvalue weighted by Crippen LogP contribution is 2.64. The van der Waals surface area contributed by atoms with Crippen LogP contribution in [0.15, 0.2) is 0 Å². The Kier molecular flexibility index (Phi) is 85.7. The van der Waals surface area contributed by atoms with Gasteiger partial charge in [-0.1, -0.05) is 214 Å². The van der Waals surface area contributed by atoms with Gasteiger partial charge in [0.05, 0.1) is 98.6 Å². The summed E-state index contributed by atoms with van der Waals surface area (Å²) in [4.78, 5) is 0. The molecule has 0 radical (unpaired) electrons. The second-order valence-corrected chi connectivity index (χ2v) is 40.5. The summed E-state index contributed by atoms with van der Waals surface area (Å²) < 4.78 is 0. The molecule has 0 aromatic rings. The molecule has 0 aliphatic heterocycles. The average Bonchev–Trinajstić information content (AvgIpc) is 3.37. The number of unbranched alkanes of at least 4 members (excludes halogenated alkanes) is 16. The van der Waals surface area contributed by atoms with Gasteiger partial charge < -0.3 is 18.8 Å². The lowest BCUT2D eigenvalue weighted by atomic mass is 10.4. The maximum atomic E-state index is 2.36. The molecule has 0 saturated carbocycles. The molecule has 0 aliphatic carbocycles. The van der Waals surface area contributed by atoms with Crippen molar-refractivity contribution in [1.82, 2.24) is 0 Å². The van der Waals surface area contributed by atoms with Crippen molar-refractivity contribution >= 4 is 29.0 Å². The van der Waals surface area contributed by atoms with Crippen molar-refractivity contribution in [1.29, 1.82) is 0 Å². The van der Waals surface area contributed by atoms with Crippen molar-refractivity contribution < 1.29 is 18.8 Å². The van der Waals surface area contributed by atoms with Crippen LogP contribution in [0.4, 0.5) is 0 Å². The van der Waals surface area contributed by atoms with Gasteiger partial charge in [-0.25, -0.2) is 0 Å². The first-order valence-electron chi connectivity index (χ1n) is 32.4. The summed E-state index contributed by atoms with van der Waals surface area (Å²) >= 11 is 0. The zero-order valence-corrected chi connectivity index (χ0v) is 56.8. The summed E-state index contributed by atoms with van der Waals surface area (Å²) in [5, 5.41) is 0. The highest BCUT2D eigenvalue weighted by Gasteiger charge is 2.37. The standard InChI is InChI=1S/4C16H36P.4FH/c4*1-5-9-13-17(14-10-6-2,15-11-7-3)16-12-8-4;;;;/h4*5-16H2,1-4H3;4*1H/q4*+1;;;;/p-4. The fourth-order valence-corrected chi connectivity index (χ4v) is 31.7. The van der Waals surface area contributed by atoms with Gasteiger partial charge in [0.2, 0.25) is 0 Å². The molecule has 0 rings (SSSR count). The maximum absolute atomic E-state index is 2.36. The maximum Gasteiger partial charge on any atom is 0.0594 e. The molecule has 72 heavy (non-hydrogen) atoms. The van der Waals surface area contributed by atoms with E-state index in [-0.39, 0.29) is 18.8 Å². The third-order valence-corrected chi connectivity index (χ3v) is 36.0. The van der Waals surface area contributed by atoms with Crippen molar-refractivity contribution in [3.63, 3.8) is 0 Å². The number of hydrogen-bond acceptors (Lipinski definition) is 0. The average molecular weight is 1110 g/mol. The third kappa shape index (κ3) is 53.4. The normalized spacial score (nSPS) is 11.3. The molecule has 0 bridgehead atoms. The molecule has 0 nitrogen and oxygen atoms in total. The fraction of sp³-hybridized carbons (Fsp3) is 1.00. The lowest BCUT2D eigenvalue weighted by molar-refractivity contribution is -0.00100. The Morgan fingerprint density at radius 3 is 0.222 bits per heavy atom. The number of hydrogen-bond donors (Lipinski definition) is 0. The van der Waals surface area contributed by atoms with E-state index < -0.39 is 29.0 Å². The molecule has 0 aromatic heterocycles. The highest BCUT2D eigenvalue weighted by molar-refractivity contribution is 7.76. The number of halogens is 4. The molecule has 0 aromatic carbocycles. The van der Waals surface area contributed by atoms with Crippen LogP contribution in [-0.2, 0) is 0 Å². The van der Waals surface area contributed by atoms with E-state index in [1.165, 1.54) is 205 Å². The zero-order chi connectivity index (χ0) is 51.9. The Morgan fingerprint density at radius 2 is 0.181 bits per heavy atom. The molecule has 0 N–H and O–H groups in total. The minimum atomic E-state index is -0.562. The van der Waals surface area contributed by atoms with Gasteiger partial charge in [-0.15, -0.1) is 0 Å². The van der Waals surface area contributed by atoms with Crippen molar-refractivity contribution in [3.8, 4) is 0 Å². The van der Waals surface area contributed by atoms with Gasteiger partial charge in [-0.3, -0.25) is 0 Å². The van der Waals surface area contributed by atoms with Gasteiger partial charge >= 0.3 is 0 Å². The predicted octanol–water partition coefficient (Wildman–Crippen LogP) is 12.8. The summed E-state index contributed by atoms with van der Waals surface area (Å²) in [6.07, 6.45) is 71.8. The first-order valence-corrected chi connectivity index (χ1v) is 42.5. The van der Waals surface area contributed by atoms with E-state index >= 15 is 0 Å². The highest BCUT2D eigenvalue weighted by atomic mass is 31.2. The minimum absolute atomic E-state index is 0. The van der Waals surface area contributed by atoms with Gasteiger partial charge in [0, 0.05) is 29.0 Å². The quantitative estimate of drug-likeness (QED) is 0.0421. The van der Waals surface area contributed by atoms with Crippen LogP contribution in [0, 0.1) is 0 Å². The van der Waals surface area contributed by atoms with Crippen LogP contribution in [-0.4, -0.2) is 98.6 Å². The molecule has 0 atom stereocenters. The monoisotopic (exact) mass is 1110 g/mol. The van der Waals surface area contributed by atoms with Crippen molar-refractivity contribution in [2.45, 2.75) is 316 Å². The Balaban J connectivity index is -0.000000124. The molecule has 0 spiro atoms. The molecule has 0 fully saturated rings. The molecule has 0 saturated heterocycles. The van der Waals surface area contributed by atoms with Crippen LogP contribution < -0.4 is 18.8 Å². The molecule has 0 unspecified atom stereocenters. The lowest BCUT2D eigenvalue weighted by Crippen LogP contribution is -3.00. The topological polar surface area (TPSA) is 0 Å². The smallest absolute Gasteiger partial charge is 0.0594 e. The van der Waals surface area contributed by atoms with E-state index in [9.17, 15) is 0 Å². The van der Waals surface area contributed by atoms with Crippen LogP contribution in [0.1, 0.15) is 316 Å². The molecule has 0 amide bonds. The Bertz CT molecular complexity index is 631. The summed E-state index contributed by atoms with van der Waals surface area (Å²) in [5.74, 6) is 0. The Hall–Kier alpha value is 1.44. The SMILES string of the molecule is CCCC[P+](CCCC)(CCCC)CCCC.CCCC[P+](CCCC)(CCCC)CCCC.CCCC[P+](CCCC)(CCCC)CCCC.CCCC[P+](CCCC)(CCCC)CCCC.[F-].[F-].[F-].[F-]. The number of rotatable bonds is 48. The zero-order valence-electron chi connectivity index (χ0n) is 53.2. The van der Waals surface area contributed by atoms with E-state index in [4.69, 9.17) is 0 Å². The second-order valence-electron chi connectivity index (χ2n) is 22.6. The molecule has 8 heteroatoms. The Labute approximate surface area is 460 Å². The van der Waals surface area contributed by atoms with E-state index in [0.29, 0.717) is 0 Å². The van der Waals surface area contributed by atoms with Gasteiger partial charge in [0.25, 0.3) is 0 Å². The molecule has 0 aliphatic rings. The summed E-state index contributed by atoms with van der Waals surface area (Å²) in [5.41, 5.74) is 0. The van der Waals surface area contributed by atoms with Crippen LogP contribution in [0.25, 0.3) is 0 Å². The van der Waals surface area contributed by atoms with Crippen LogP contribution in [0.5, 0.6) is 0 Å². The van der Waals surface area contributed by atoms with Crippen molar-refractivity contribution in [2.75, 3.05) is 98.6 Å². The summed E-state index contributed by atoms with van der Waals surface area (Å²) in [6, 6.07) is 0. The molecule has 448 valence electrons. The fourth-order valence-electron chi connectivity index (χ4n) is 10.6. The van der Waals surface area contributed by atoms with E-state index in [1.54, 1.807) is 98.6 Å². The minimum Gasteiger partial charge on any atom is -1.00 e. The first kappa shape index (κ1) is 90.0. The van der Waals surface area contributed by atoms with Gasteiger partial charge in [-0.2, -0.15) is 0 Å².